The molecule has 1 amide bonds. The van der Waals surface area contributed by atoms with Gasteiger partial charge in [-0.2, -0.15) is 0 Å². The second-order valence-corrected chi connectivity index (χ2v) is 3.44. The van der Waals surface area contributed by atoms with Crippen LogP contribution in [0, 0.1) is 5.82 Å². The van der Waals surface area contributed by atoms with Gasteiger partial charge in [0.15, 0.2) is 18.2 Å². The molecule has 0 unspecified atom stereocenters. The first-order chi connectivity index (χ1) is 7.54. The Kier molecular flexibility index (Phi) is 4.25. The molecular formula is C11H15FN2O2. The van der Waals surface area contributed by atoms with Gasteiger partial charge >= 0.3 is 0 Å². The van der Waals surface area contributed by atoms with Crippen LogP contribution in [0.1, 0.15) is 18.5 Å². The average molecular weight is 226 g/mol. The zero-order valence-electron chi connectivity index (χ0n) is 9.29. The first-order valence-corrected chi connectivity index (χ1v) is 4.93. The summed E-state index contributed by atoms with van der Waals surface area (Å²) >= 11 is 0. The molecule has 0 fully saturated rings. The lowest BCUT2D eigenvalue weighted by Gasteiger charge is -2.09. The van der Waals surface area contributed by atoms with Gasteiger partial charge in [0.1, 0.15) is 0 Å². The highest BCUT2D eigenvalue weighted by atomic mass is 19.1. The second kappa shape index (κ2) is 5.46. The summed E-state index contributed by atoms with van der Waals surface area (Å²) in [5, 5.41) is 2.38. The number of halogens is 1. The predicted octanol–water partition coefficient (Wildman–Crippen LogP) is 0.970. The van der Waals surface area contributed by atoms with Crippen molar-refractivity contribution >= 4 is 5.91 Å². The molecule has 4 nitrogen and oxygen atoms in total. The van der Waals surface area contributed by atoms with Gasteiger partial charge in [-0.15, -0.1) is 0 Å². The van der Waals surface area contributed by atoms with Crippen LogP contribution in [0.3, 0.4) is 0 Å². The van der Waals surface area contributed by atoms with Crippen LogP contribution in [0.4, 0.5) is 4.39 Å². The molecule has 0 radical (unpaired) electrons. The smallest absolute Gasteiger partial charge is 0.257 e. The molecule has 1 rings (SSSR count). The monoisotopic (exact) mass is 226 g/mol. The SMILES string of the molecule is CNC(=O)COc1ccc([C@@H](C)N)cc1F. The summed E-state index contributed by atoms with van der Waals surface area (Å²) < 4.78 is 18.4. The molecule has 1 aromatic carbocycles. The molecule has 88 valence electrons. The molecule has 16 heavy (non-hydrogen) atoms. The molecule has 0 aromatic heterocycles. The Hall–Kier alpha value is -1.62. The van der Waals surface area contributed by atoms with E-state index in [0.717, 1.165) is 0 Å². The van der Waals surface area contributed by atoms with E-state index in [1.165, 1.54) is 19.2 Å². The Labute approximate surface area is 93.6 Å². The summed E-state index contributed by atoms with van der Waals surface area (Å²) in [4.78, 5) is 10.9. The van der Waals surface area contributed by atoms with Crippen LogP contribution in [0.5, 0.6) is 5.75 Å². The molecule has 0 saturated heterocycles. The Balaban J connectivity index is 2.72. The van der Waals surface area contributed by atoms with Crippen molar-refractivity contribution in [1.82, 2.24) is 5.32 Å². The lowest BCUT2D eigenvalue weighted by molar-refractivity contribution is -0.122. The molecule has 5 heteroatoms. The normalized spacial score (nSPS) is 12.0. The van der Waals surface area contributed by atoms with Crippen LogP contribution in [0.25, 0.3) is 0 Å². The largest absolute Gasteiger partial charge is 0.481 e. The van der Waals surface area contributed by atoms with Gasteiger partial charge in [-0.05, 0) is 24.6 Å². The van der Waals surface area contributed by atoms with E-state index < -0.39 is 5.82 Å². The van der Waals surface area contributed by atoms with Crippen molar-refractivity contribution in [2.75, 3.05) is 13.7 Å². The summed E-state index contributed by atoms with van der Waals surface area (Å²) in [6.45, 7) is 1.56. The summed E-state index contributed by atoms with van der Waals surface area (Å²) in [7, 11) is 1.49. The molecule has 0 spiro atoms. The number of likely N-dealkylation sites (N-methyl/N-ethyl adjacent to an activating group) is 1. The number of carbonyl (C=O) groups excluding carboxylic acids is 1. The Bertz CT molecular complexity index is 380. The number of ether oxygens (including phenoxy) is 1. The Morgan fingerprint density at radius 2 is 2.31 bits per heavy atom. The molecule has 0 aliphatic rings. The number of benzene rings is 1. The first-order valence-electron chi connectivity index (χ1n) is 4.93. The number of carbonyl (C=O) groups is 1. The van der Waals surface area contributed by atoms with Gasteiger partial charge in [0, 0.05) is 13.1 Å². The fourth-order valence-electron chi connectivity index (χ4n) is 1.13. The van der Waals surface area contributed by atoms with Gasteiger partial charge in [0.25, 0.3) is 5.91 Å². The minimum absolute atomic E-state index is 0.0491. The highest BCUT2D eigenvalue weighted by Gasteiger charge is 2.08. The standard InChI is InChI=1S/C11H15FN2O2/c1-7(13)8-3-4-10(9(12)5-8)16-6-11(15)14-2/h3-5,7H,6,13H2,1-2H3,(H,14,15)/t7-/m1/s1. The number of nitrogens with two attached hydrogens (primary N) is 1. The number of amides is 1. The van der Waals surface area contributed by atoms with Crippen molar-refractivity contribution in [2.24, 2.45) is 5.73 Å². The number of hydrogen-bond acceptors (Lipinski definition) is 3. The first kappa shape index (κ1) is 12.4. The van der Waals surface area contributed by atoms with Crippen LogP contribution < -0.4 is 15.8 Å². The maximum atomic E-state index is 13.5. The third kappa shape index (κ3) is 3.20. The maximum Gasteiger partial charge on any atom is 0.257 e. The maximum absolute atomic E-state index is 13.5. The van der Waals surface area contributed by atoms with E-state index in [-0.39, 0.29) is 24.3 Å². The van der Waals surface area contributed by atoms with E-state index in [1.807, 2.05) is 0 Å². The van der Waals surface area contributed by atoms with Crippen molar-refractivity contribution in [2.45, 2.75) is 13.0 Å². The summed E-state index contributed by atoms with van der Waals surface area (Å²) in [5.74, 6) is -0.776. The lowest BCUT2D eigenvalue weighted by atomic mass is 10.1. The summed E-state index contributed by atoms with van der Waals surface area (Å²) in [6, 6.07) is 4.22. The molecule has 0 heterocycles. The molecule has 0 aliphatic carbocycles. The average Bonchev–Trinajstić information content (AvgIpc) is 2.26. The highest BCUT2D eigenvalue weighted by Crippen LogP contribution is 2.20. The third-order valence-electron chi connectivity index (χ3n) is 2.12. The predicted molar refractivity (Wildman–Crippen MR) is 58.6 cm³/mol. The molecule has 3 N–H and O–H groups in total. The number of hydrogen-bond donors (Lipinski definition) is 2. The zero-order chi connectivity index (χ0) is 12.1. The van der Waals surface area contributed by atoms with Crippen LogP contribution in [-0.2, 0) is 4.79 Å². The molecule has 0 aliphatic heterocycles. The van der Waals surface area contributed by atoms with E-state index in [2.05, 4.69) is 5.32 Å². The van der Waals surface area contributed by atoms with Gasteiger partial charge in [0.05, 0.1) is 0 Å². The van der Waals surface area contributed by atoms with Crippen LogP contribution >= 0.6 is 0 Å². The van der Waals surface area contributed by atoms with Crippen molar-refractivity contribution in [1.29, 1.82) is 0 Å². The minimum Gasteiger partial charge on any atom is -0.481 e. The summed E-state index contributed by atoms with van der Waals surface area (Å²) in [6.07, 6.45) is 0. The van der Waals surface area contributed by atoms with Crippen molar-refractivity contribution in [3.05, 3.63) is 29.6 Å². The fraction of sp³-hybridized carbons (Fsp3) is 0.364. The van der Waals surface area contributed by atoms with Gasteiger partial charge < -0.3 is 15.8 Å². The Morgan fingerprint density at radius 1 is 1.62 bits per heavy atom. The fourth-order valence-corrected chi connectivity index (χ4v) is 1.13. The minimum atomic E-state index is -0.515. The lowest BCUT2D eigenvalue weighted by Crippen LogP contribution is -2.25. The number of rotatable bonds is 4. The van der Waals surface area contributed by atoms with Gasteiger partial charge in [0.2, 0.25) is 0 Å². The van der Waals surface area contributed by atoms with Crippen LogP contribution in [0.15, 0.2) is 18.2 Å². The van der Waals surface area contributed by atoms with E-state index in [1.54, 1.807) is 13.0 Å². The molecule has 1 aromatic rings. The quantitative estimate of drug-likeness (QED) is 0.804. The van der Waals surface area contributed by atoms with Crippen molar-refractivity contribution < 1.29 is 13.9 Å². The summed E-state index contributed by atoms with van der Waals surface area (Å²) in [5.41, 5.74) is 6.29. The van der Waals surface area contributed by atoms with E-state index >= 15 is 0 Å². The molecule has 0 bridgehead atoms. The zero-order valence-corrected chi connectivity index (χ0v) is 9.29. The van der Waals surface area contributed by atoms with Crippen LogP contribution in [0.2, 0.25) is 0 Å². The van der Waals surface area contributed by atoms with E-state index in [0.29, 0.717) is 5.56 Å². The van der Waals surface area contributed by atoms with Crippen molar-refractivity contribution in [3.8, 4) is 5.75 Å². The molecular weight excluding hydrogens is 211 g/mol. The number of nitrogens with one attached hydrogen (secondary N) is 1. The topological polar surface area (TPSA) is 64.3 Å². The van der Waals surface area contributed by atoms with E-state index in [9.17, 15) is 9.18 Å². The Morgan fingerprint density at radius 3 is 2.81 bits per heavy atom. The van der Waals surface area contributed by atoms with Crippen molar-refractivity contribution in [3.63, 3.8) is 0 Å². The highest BCUT2D eigenvalue weighted by molar-refractivity contribution is 5.77. The molecule has 1 atom stereocenters. The second-order valence-electron chi connectivity index (χ2n) is 3.44. The van der Waals surface area contributed by atoms with Gasteiger partial charge in [-0.25, -0.2) is 4.39 Å². The van der Waals surface area contributed by atoms with Gasteiger partial charge in [-0.3, -0.25) is 4.79 Å². The van der Waals surface area contributed by atoms with Crippen LogP contribution in [-0.4, -0.2) is 19.6 Å². The molecule has 0 saturated carbocycles. The van der Waals surface area contributed by atoms with Gasteiger partial charge in [-0.1, -0.05) is 6.07 Å². The third-order valence-corrected chi connectivity index (χ3v) is 2.12. The van der Waals surface area contributed by atoms with E-state index in [4.69, 9.17) is 10.5 Å².